The lowest BCUT2D eigenvalue weighted by Gasteiger charge is -2.41. The Morgan fingerprint density at radius 1 is 0.774 bits per heavy atom. The maximum absolute atomic E-state index is 7.06. The van der Waals surface area contributed by atoms with Crippen LogP contribution in [0.15, 0.2) is 160 Å². The average molecular weight is 705 g/mol. The molecule has 0 spiro atoms. The zero-order chi connectivity index (χ0) is 36.0. The zero-order valence-corrected chi connectivity index (χ0v) is 31.0. The SMILES string of the molecule is NC(OC(N)C1=C(c2ccccc2)CC(C2CC(C3=CC=CC(C4C=CC=CC4)C3)NC(C3=CCCCC3)=N2)C(C2C=CC=CC2)=C1)C1=CC=CCC1. The second-order valence-corrected chi connectivity index (χ2v) is 15.8. The zero-order valence-electron chi connectivity index (χ0n) is 31.0. The van der Waals surface area contributed by atoms with Gasteiger partial charge in [0.15, 0.2) is 0 Å². The summed E-state index contributed by atoms with van der Waals surface area (Å²) in [6.07, 6.45) is 46.8. The van der Waals surface area contributed by atoms with Crippen molar-refractivity contribution in [2.75, 3.05) is 0 Å². The first-order valence-electron chi connectivity index (χ1n) is 20.2. The van der Waals surface area contributed by atoms with Crippen molar-refractivity contribution in [3.8, 4) is 0 Å². The van der Waals surface area contributed by atoms with Gasteiger partial charge in [-0.15, -0.1) is 0 Å². The molecule has 0 amide bonds. The van der Waals surface area contributed by atoms with Gasteiger partial charge in [0.1, 0.15) is 18.3 Å². The van der Waals surface area contributed by atoms with E-state index in [1.165, 1.54) is 40.7 Å². The van der Waals surface area contributed by atoms with Crippen molar-refractivity contribution >= 4 is 11.4 Å². The van der Waals surface area contributed by atoms with Gasteiger partial charge in [0.2, 0.25) is 0 Å². The second kappa shape index (κ2) is 16.8. The van der Waals surface area contributed by atoms with Crippen LogP contribution in [0.25, 0.3) is 5.57 Å². The number of benzene rings is 1. The van der Waals surface area contributed by atoms with Gasteiger partial charge in [-0.2, -0.15) is 0 Å². The van der Waals surface area contributed by atoms with Gasteiger partial charge in [0.25, 0.3) is 0 Å². The summed E-state index contributed by atoms with van der Waals surface area (Å²) in [6.45, 7) is 0. The van der Waals surface area contributed by atoms with Crippen LogP contribution in [0.3, 0.4) is 0 Å². The van der Waals surface area contributed by atoms with Crippen LogP contribution in [-0.2, 0) is 4.74 Å². The van der Waals surface area contributed by atoms with Crippen molar-refractivity contribution in [2.24, 2.45) is 40.1 Å². The van der Waals surface area contributed by atoms with Crippen molar-refractivity contribution < 1.29 is 4.74 Å². The van der Waals surface area contributed by atoms with Gasteiger partial charge in [-0.1, -0.05) is 133 Å². The Hall–Kier alpha value is -4.29. The fraction of sp³-hybridized carbons (Fsp3) is 0.396. The van der Waals surface area contributed by atoms with Gasteiger partial charge >= 0.3 is 0 Å². The summed E-state index contributed by atoms with van der Waals surface area (Å²) >= 11 is 0. The van der Waals surface area contributed by atoms with Crippen LogP contribution in [0.2, 0.25) is 0 Å². The van der Waals surface area contributed by atoms with Crippen LogP contribution in [0.1, 0.15) is 76.2 Å². The molecule has 0 aromatic heterocycles. The average Bonchev–Trinajstić information content (AvgIpc) is 3.24. The number of amidine groups is 1. The van der Waals surface area contributed by atoms with E-state index in [1.54, 1.807) is 0 Å². The lowest BCUT2D eigenvalue weighted by atomic mass is 9.69. The molecule has 0 radical (unpaired) electrons. The third kappa shape index (κ3) is 8.28. The Morgan fingerprint density at radius 2 is 1.62 bits per heavy atom. The molecule has 7 aliphatic rings. The molecule has 1 aliphatic heterocycles. The minimum absolute atomic E-state index is 0.117. The van der Waals surface area contributed by atoms with E-state index in [2.05, 4.69) is 133 Å². The lowest BCUT2D eigenvalue weighted by Crippen LogP contribution is -2.47. The van der Waals surface area contributed by atoms with Crippen molar-refractivity contribution in [3.05, 3.63) is 161 Å². The third-order valence-electron chi connectivity index (χ3n) is 12.4. The smallest absolute Gasteiger partial charge is 0.134 e. The van der Waals surface area contributed by atoms with Gasteiger partial charge in [-0.05, 0) is 116 Å². The van der Waals surface area contributed by atoms with Crippen molar-refractivity contribution in [2.45, 2.75) is 95.2 Å². The summed E-state index contributed by atoms with van der Waals surface area (Å²) in [7, 11) is 0. The first-order chi connectivity index (χ1) is 26.1. The molecule has 5 nitrogen and oxygen atoms in total. The topological polar surface area (TPSA) is 85.7 Å². The molecule has 1 aromatic carbocycles. The first-order valence-corrected chi connectivity index (χ1v) is 20.2. The lowest BCUT2D eigenvalue weighted by molar-refractivity contribution is 0.0355. The van der Waals surface area contributed by atoms with Gasteiger partial charge in [-0.3, -0.25) is 4.99 Å². The van der Waals surface area contributed by atoms with E-state index in [1.807, 2.05) is 0 Å². The van der Waals surface area contributed by atoms with Gasteiger partial charge < -0.3 is 21.5 Å². The Labute approximate surface area is 316 Å². The standard InChI is InChI=1S/C48H56N4O/c49-46(36-23-12-4-13-24-36)53-47(50)43-31-40(34-19-8-2-9-20-34)42(30-41(43)35-21-10-3-11-22-35)45-32-44(51-48(52-45)37-25-14-5-15-26-37)39-28-16-27-38(29-39)33-17-6-1-7-18-33/h1-4,6-12,16-17,19,21-23,25,27-28,31,33-34,38,42,44-47H,5,13-15,18,20,24,26,29-30,32,49-50H2,(H,51,52). The molecular formula is C48H56N4O. The number of hydrogen-bond acceptors (Lipinski definition) is 5. The Kier molecular flexibility index (Phi) is 11.3. The second-order valence-electron chi connectivity index (χ2n) is 15.8. The highest BCUT2D eigenvalue weighted by atomic mass is 16.5. The molecule has 8 atom stereocenters. The summed E-state index contributed by atoms with van der Waals surface area (Å²) in [4.78, 5) is 5.71. The summed E-state index contributed by atoms with van der Waals surface area (Å²) in [5, 5.41) is 4.03. The van der Waals surface area contributed by atoms with E-state index in [0.717, 1.165) is 74.8 Å². The van der Waals surface area contributed by atoms with Crippen molar-refractivity contribution in [1.29, 1.82) is 0 Å². The molecule has 1 heterocycles. The number of nitrogens with two attached hydrogens (primary N) is 2. The Balaban J connectivity index is 1.16. The highest BCUT2D eigenvalue weighted by Crippen LogP contribution is 2.46. The first kappa shape index (κ1) is 35.7. The summed E-state index contributed by atoms with van der Waals surface area (Å²) in [5.41, 5.74) is 22.6. The molecule has 53 heavy (non-hydrogen) atoms. The monoisotopic (exact) mass is 704 g/mol. The number of nitrogens with one attached hydrogen (secondary N) is 1. The third-order valence-corrected chi connectivity index (χ3v) is 12.4. The molecule has 274 valence electrons. The summed E-state index contributed by atoms with van der Waals surface area (Å²) in [5.74, 6) is 2.68. The van der Waals surface area contributed by atoms with Crippen molar-refractivity contribution in [3.63, 3.8) is 0 Å². The molecule has 0 bridgehead atoms. The van der Waals surface area contributed by atoms with Gasteiger partial charge in [0, 0.05) is 11.8 Å². The van der Waals surface area contributed by atoms with E-state index >= 15 is 0 Å². The molecule has 1 aromatic rings. The quantitative estimate of drug-likeness (QED) is 0.212. The fourth-order valence-electron chi connectivity index (χ4n) is 9.40. The summed E-state index contributed by atoms with van der Waals surface area (Å²) in [6, 6.07) is 11.1. The van der Waals surface area contributed by atoms with E-state index < -0.39 is 12.5 Å². The molecule has 0 saturated heterocycles. The molecule has 5 heteroatoms. The molecular weight excluding hydrogens is 649 g/mol. The van der Waals surface area contributed by atoms with Crippen LogP contribution in [0.4, 0.5) is 0 Å². The van der Waals surface area contributed by atoms with Crippen LogP contribution < -0.4 is 16.8 Å². The maximum atomic E-state index is 7.06. The van der Waals surface area contributed by atoms with Crippen molar-refractivity contribution in [1.82, 2.24) is 5.32 Å². The highest BCUT2D eigenvalue weighted by Gasteiger charge is 2.39. The Bertz CT molecular complexity index is 1880. The maximum Gasteiger partial charge on any atom is 0.134 e. The number of nitrogens with zero attached hydrogens (tertiary/aromatic N) is 1. The number of aliphatic imine (C=N–C) groups is 1. The van der Waals surface area contributed by atoms with Crippen LogP contribution in [0.5, 0.6) is 0 Å². The predicted octanol–water partition coefficient (Wildman–Crippen LogP) is 9.65. The van der Waals surface area contributed by atoms with E-state index in [4.69, 9.17) is 21.2 Å². The largest absolute Gasteiger partial charge is 0.364 e. The molecule has 5 N–H and O–H groups in total. The van der Waals surface area contributed by atoms with Gasteiger partial charge in [-0.25, -0.2) is 0 Å². The van der Waals surface area contributed by atoms with Crippen LogP contribution in [-0.4, -0.2) is 30.4 Å². The minimum atomic E-state index is -0.655. The van der Waals surface area contributed by atoms with Crippen LogP contribution in [0, 0.1) is 23.7 Å². The van der Waals surface area contributed by atoms with E-state index in [9.17, 15) is 0 Å². The minimum Gasteiger partial charge on any atom is -0.364 e. The van der Waals surface area contributed by atoms with E-state index in [0.29, 0.717) is 11.8 Å². The molecule has 6 aliphatic carbocycles. The van der Waals surface area contributed by atoms with E-state index in [-0.39, 0.29) is 23.9 Å². The van der Waals surface area contributed by atoms with Crippen LogP contribution >= 0.6 is 0 Å². The Morgan fingerprint density at radius 3 is 2.38 bits per heavy atom. The predicted molar refractivity (Wildman–Crippen MR) is 220 cm³/mol. The fourth-order valence-corrected chi connectivity index (χ4v) is 9.40. The molecule has 8 unspecified atom stereocenters. The number of allylic oxidation sites excluding steroid dienone is 16. The summed E-state index contributed by atoms with van der Waals surface area (Å²) < 4.78 is 6.50. The number of ether oxygens (including phenoxy) is 1. The molecule has 8 rings (SSSR count). The van der Waals surface area contributed by atoms with Gasteiger partial charge in [0.05, 0.1) is 12.1 Å². The highest BCUT2D eigenvalue weighted by molar-refractivity contribution is 5.99. The molecule has 0 saturated carbocycles. The normalized spacial score (nSPS) is 30.9. The number of hydrogen-bond donors (Lipinski definition) is 3. The number of rotatable bonds is 10. The molecule has 0 fully saturated rings.